The molecule has 1 aromatic heterocycles. The van der Waals surface area contributed by atoms with Gasteiger partial charge in [0.05, 0.1) is 11.4 Å². The lowest BCUT2D eigenvalue weighted by molar-refractivity contribution is -0.0473. The average Bonchev–Trinajstić information content (AvgIpc) is 2.39. The number of hydrogen-bond acceptors (Lipinski definition) is 3. The first-order chi connectivity index (χ1) is 10.0. The number of rotatable bonds is 3. The monoisotopic (exact) mass is 285 g/mol. The Morgan fingerprint density at radius 1 is 1.10 bits per heavy atom. The molecule has 0 radical (unpaired) electrons. The van der Waals surface area contributed by atoms with E-state index in [1.54, 1.807) is 0 Å². The molecule has 4 aliphatic carbocycles. The minimum Gasteiger partial charge on any atom is -0.358 e. The van der Waals surface area contributed by atoms with Gasteiger partial charge in [0.1, 0.15) is 5.82 Å². The molecular weight excluding hydrogens is 258 g/mol. The molecule has 5 rings (SSSR count). The van der Waals surface area contributed by atoms with E-state index in [0.29, 0.717) is 5.41 Å². The molecule has 1 aromatic rings. The zero-order valence-electron chi connectivity index (χ0n) is 13.6. The summed E-state index contributed by atoms with van der Waals surface area (Å²) in [4.78, 5) is 11.6. The van der Waals surface area contributed by atoms with Crippen molar-refractivity contribution < 1.29 is 0 Å². The van der Waals surface area contributed by atoms with Crippen LogP contribution in [0.1, 0.15) is 49.9 Å². The van der Waals surface area contributed by atoms with Crippen LogP contribution < -0.4 is 4.90 Å². The molecule has 1 heterocycles. The molecule has 0 unspecified atom stereocenters. The fourth-order valence-corrected chi connectivity index (χ4v) is 5.95. The van der Waals surface area contributed by atoms with Crippen molar-refractivity contribution in [2.45, 2.75) is 52.4 Å². The van der Waals surface area contributed by atoms with Gasteiger partial charge >= 0.3 is 0 Å². The standard InChI is InChI=1S/C18H27N3/c1-12-10-19-13(2)17(20-12)21(3)11-18-7-14-4-15(8-18)6-16(5-14)9-18/h10,14-16H,4-9,11H2,1-3H3. The molecule has 21 heavy (non-hydrogen) atoms. The summed E-state index contributed by atoms with van der Waals surface area (Å²) in [5.41, 5.74) is 2.65. The molecule has 4 fully saturated rings. The normalized spacial score (nSPS) is 37.0. The zero-order valence-corrected chi connectivity index (χ0v) is 13.6. The lowest BCUT2D eigenvalue weighted by atomic mass is 9.49. The molecule has 0 spiro atoms. The third-order valence-electron chi connectivity index (χ3n) is 6.15. The van der Waals surface area contributed by atoms with Crippen molar-refractivity contribution in [3.63, 3.8) is 0 Å². The molecule has 4 bridgehead atoms. The molecular formula is C18H27N3. The van der Waals surface area contributed by atoms with Crippen molar-refractivity contribution in [2.24, 2.45) is 23.2 Å². The highest BCUT2D eigenvalue weighted by Crippen LogP contribution is 2.60. The Hall–Kier alpha value is -1.12. The highest BCUT2D eigenvalue weighted by Gasteiger charge is 2.51. The second kappa shape index (κ2) is 4.69. The van der Waals surface area contributed by atoms with E-state index in [1.807, 2.05) is 13.1 Å². The minimum absolute atomic E-state index is 0.571. The summed E-state index contributed by atoms with van der Waals surface area (Å²) in [6.07, 6.45) is 10.8. The van der Waals surface area contributed by atoms with Crippen LogP contribution in [-0.4, -0.2) is 23.6 Å². The van der Waals surface area contributed by atoms with Crippen molar-refractivity contribution in [3.05, 3.63) is 17.6 Å². The van der Waals surface area contributed by atoms with Gasteiger partial charge in [0, 0.05) is 19.8 Å². The molecule has 0 atom stereocenters. The average molecular weight is 285 g/mol. The van der Waals surface area contributed by atoms with Crippen molar-refractivity contribution in [1.82, 2.24) is 9.97 Å². The molecule has 4 aliphatic rings. The van der Waals surface area contributed by atoms with E-state index in [4.69, 9.17) is 4.98 Å². The Kier molecular flexibility index (Phi) is 3.02. The SMILES string of the molecule is Cc1cnc(C)c(N(C)CC23CC4CC(CC(C4)C2)C3)n1. The first-order valence-electron chi connectivity index (χ1n) is 8.54. The predicted molar refractivity (Wildman–Crippen MR) is 85.4 cm³/mol. The molecule has 0 aliphatic heterocycles. The van der Waals surface area contributed by atoms with Crippen LogP contribution in [0.3, 0.4) is 0 Å². The molecule has 3 heteroatoms. The largest absolute Gasteiger partial charge is 0.358 e. The molecule has 0 saturated heterocycles. The number of aromatic nitrogens is 2. The maximum atomic E-state index is 4.73. The predicted octanol–water partition coefficient (Wildman–Crippen LogP) is 3.75. The summed E-state index contributed by atoms with van der Waals surface area (Å²) in [7, 11) is 2.22. The Balaban J connectivity index is 1.56. The van der Waals surface area contributed by atoms with Crippen LogP contribution in [-0.2, 0) is 0 Å². The molecule has 4 saturated carbocycles. The van der Waals surface area contributed by atoms with Gasteiger partial charge in [0.25, 0.3) is 0 Å². The summed E-state index contributed by atoms with van der Waals surface area (Å²) in [5, 5.41) is 0. The van der Waals surface area contributed by atoms with Crippen molar-refractivity contribution >= 4 is 5.82 Å². The fourth-order valence-electron chi connectivity index (χ4n) is 5.95. The van der Waals surface area contributed by atoms with Crippen LogP contribution >= 0.6 is 0 Å². The number of nitrogens with zero attached hydrogens (tertiary/aromatic N) is 3. The van der Waals surface area contributed by atoms with Gasteiger partial charge in [-0.3, -0.25) is 4.98 Å². The maximum Gasteiger partial charge on any atom is 0.150 e. The minimum atomic E-state index is 0.571. The zero-order chi connectivity index (χ0) is 14.6. The molecule has 114 valence electrons. The third-order valence-corrected chi connectivity index (χ3v) is 6.15. The van der Waals surface area contributed by atoms with Crippen molar-refractivity contribution in [1.29, 1.82) is 0 Å². The molecule has 0 N–H and O–H groups in total. The summed E-state index contributed by atoms with van der Waals surface area (Å²) in [5.74, 6) is 4.16. The summed E-state index contributed by atoms with van der Waals surface area (Å²) in [6, 6.07) is 0. The van der Waals surface area contributed by atoms with Crippen LogP contribution in [0.2, 0.25) is 0 Å². The van der Waals surface area contributed by atoms with E-state index in [0.717, 1.165) is 35.0 Å². The quantitative estimate of drug-likeness (QED) is 0.847. The second-order valence-electron chi connectivity index (χ2n) is 8.19. The summed E-state index contributed by atoms with van der Waals surface area (Å²) >= 11 is 0. The molecule has 0 aromatic carbocycles. The second-order valence-corrected chi connectivity index (χ2v) is 8.19. The van der Waals surface area contributed by atoms with Gasteiger partial charge in [-0.2, -0.15) is 0 Å². The Morgan fingerprint density at radius 3 is 2.24 bits per heavy atom. The molecule has 3 nitrogen and oxygen atoms in total. The molecule has 0 amide bonds. The highest BCUT2D eigenvalue weighted by molar-refractivity contribution is 5.42. The number of hydrogen-bond donors (Lipinski definition) is 0. The van der Waals surface area contributed by atoms with Crippen LogP contribution in [0.15, 0.2) is 6.20 Å². The third kappa shape index (κ3) is 2.35. The smallest absolute Gasteiger partial charge is 0.150 e. The first kappa shape index (κ1) is 13.5. The van der Waals surface area contributed by atoms with Crippen molar-refractivity contribution in [3.8, 4) is 0 Å². The van der Waals surface area contributed by atoms with Gasteiger partial charge in [-0.25, -0.2) is 4.98 Å². The maximum absolute atomic E-state index is 4.73. The van der Waals surface area contributed by atoms with E-state index in [2.05, 4.69) is 23.9 Å². The first-order valence-corrected chi connectivity index (χ1v) is 8.54. The summed E-state index contributed by atoms with van der Waals surface area (Å²) in [6.45, 7) is 5.29. The van der Waals surface area contributed by atoms with Gasteiger partial charge in [0.2, 0.25) is 0 Å². The van der Waals surface area contributed by atoms with Crippen molar-refractivity contribution in [2.75, 3.05) is 18.5 Å². The van der Waals surface area contributed by atoms with Crippen LogP contribution in [0.5, 0.6) is 0 Å². The Morgan fingerprint density at radius 2 is 1.67 bits per heavy atom. The number of aryl methyl sites for hydroxylation is 2. The highest BCUT2D eigenvalue weighted by atomic mass is 15.2. The van der Waals surface area contributed by atoms with E-state index in [-0.39, 0.29) is 0 Å². The van der Waals surface area contributed by atoms with Crippen LogP contribution in [0, 0.1) is 37.0 Å². The fraction of sp³-hybridized carbons (Fsp3) is 0.778. The van der Waals surface area contributed by atoms with E-state index in [1.165, 1.54) is 45.1 Å². The van der Waals surface area contributed by atoms with E-state index >= 15 is 0 Å². The van der Waals surface area contributed by atoms with E-state index in [9.17, 15) is 0 Å². The Labute approximate surface area is 128 Å². The Bertz CT molecular complexity index is 516. The lowest BCUT2D eigenvalue weighted by Gasteiger charge is -2.57. The van der Waals surface area contributed by atoms with Crippen LogP contribution in [0.25, 0.3) is 0 Å². The topological polar surface area (TPSA) is 29.0 Å². The summed E-state index contributed by atoms with van der Waals surface area (Å²) < 4.78 is 0. The lowest BCUT2D eigenvalue weighted by Crippen LogP contribution is -2.51. The van der Waals surface area contributed by atoms with Gasteiger partial charge in [0.15, 0.2) is 0 Å². The van der Waals surface area contributed by atoms with E-state index < -0.39 is 0 Å². The van der Waals surface area contributed by atoms with Crippen LogP contribution in [0.4, 0.5) is 5.82 Å². The van der Waals surface area contributed by atoms with Gasteiger partial charge in [-0.15, -0.1) is 0 Å². The van der Waals surface area contributed by atoms with Gasteiger partial charge in [-0.05, 0) is 75.5 Å². The van der Waals surface area contributed by atoms with Gasteiger partial charge < -0.3 is 4.90 Å². The number of anilines is 1. The van der Waals surface area contributed by atoms with Gasteiger partial charge in [-0.1, -0.05) is 0 Å².